The van der Waals surface area contributed by atoms with Crippen molar-refractivity contribution in [3.63, 3.8) is 0 Å². The van der Waals surface area contributed by atoms with E-state index in [4.69, 9.17) is 0 Å². The number of hydrogen-bond acceptors (Lipinski definition) is 2. The molecule has 0 unspecified atom stereocenters. The lowest BCUT2D eigenvalue weighted by atomic mass is 10.0. The molecular formula is C13H19N2O3P. The zero-order valence-electron chi connectivity index (χ0n) is 11.4. The molecule has 0 bridgehead atoms. The number of para-hydroxylation sites is 2. The fourth-order valence-electron chi connectivity index (χ4n) is 2.67. The van der Waals surface area contributed by atoms with Crippen LogP contribution >= 0.6 is 7.60 Å². The molecule has 104 valence electrons. The van der Waals surface area contributed by atoms with E-state index in [0.29, 0.717) is 18.7 Å². The van der Waals surface area contributed by atoms with Crippen LogP contribution in [0.4, 0.5) is 0 Å². The minimum atomic E-state index is -4.29. The summed E-state index contributed by atoms with van der Waals surface area (Å²) in [6, 6.07) is 7.52. The first kappa shape index (κ1) is 14.3. The van der Waals surface area contributed by atoms with E-state index in [1.54, 1.807) is 25.5 Å². The van der Waals surface area contributed by atoms with Gasteiger partial charge < -0.3 is 14.4 Å². The van der Waals surface area contributed by atoms with Crippen molar-refractivity contribution in [1.29, 1.82) is 0 Å². The molecule has 0 saturated heterocycles. The van der Waals surface area contributed by atoms with Gasteiger partial charge in [-0.3, -0.25) is 4.57 Å². The fourth-order valence-corrected chi connectivity index (χ4v) is 3.95. The molecule has 0 radical (unpaired) electrons. The molecule has 2 N–H and O–H groups in total. The van der Waals surface area contributed by atoms with Gasteiger partial charge in [0.2, 0.25) is 0 Å². The van der Waals surface area contributed by atoms with Crippen molar-refractivity contribution in [3.05, 3.63) is 30.1 Å². The summed E-state index contributed by atoms with van der Waals surface area (Å²) in [4.78, 5) is 24.0. The number of fused-ring (bicyclic) bond motifs is 1. The SMILES string of the molecule is CCC(CC)(c1nc2ccccc2n1C)P(=O)(O)O. The Hall–Kier alpha value is -1.16. The number of hydrogen-bond donors (Lipinski definition) is 2. The minimum Gasteiger partial charge on any atom is -0.330 e. The zero-order valence-corrected chi connectivity index (χ0v) is 12.3. The summed E-state index contributed by atoms with van der Waals surface area (Å²) in [6.45, 7) is 3.59. The van der Waals surface area contributed by atoms with Gasteiger partial charge in [-0.1, -0.05) is 26.0 Å². The van der Waals surface area contributed by atoms with E-state index in [-0.39, 0.29) is 0 Å². The average molecular weight is 282 g/mol. The lowest BCUT2D eigenvalue weighted by Gasteiger charge is -2.31. The Bertz CT molecular complexity index is 640. The van der Waals surface area contributed by atoms with Gasteiger partial charge in [0.25, 0.3) is 0 Å². The highest BCUT2D eigenvalue weighted by atomic mass is 31.2. The van der Waals surface area contributed by atoms with E-state index in [1.165, 1.54) is 0 Å². The van der Waals surface area contributed by atoms with Crippen molar-refractivity contribution >= 4 is 18.6 Å². The predicted octanol–water partition coefficient (Wildman–Crippen LogP) is 2.77. The van der Waals surface area contributed by atoms with E-state index in [9.17, 15) is 14.4 Å². The second-order valence-electron chi connectivity index (χ2n) is 4.77. The molecule has 6 heteroatoms. The Morgan fingerprint density at radius 2 is 1.84 bits per heavy atom. The molecule has 1 heterocycles. The largest absolute Gasteiger partial charge is 0.339 e. The quantitative estimate of drug-likeness (QED) is 0.845. The first-order chi connectivity index (χ1) is 8.87. The third-order valence-corrected chi connectivity index (χ3v) is 5.88. The van der Waals surface area contributed by atoms with Gasteiger partial charge in [-0.25, -0.2) is 4.98 Å². The van der Waals surface area contributed by atoms with Gasteiger partial charge in [-0.05, 0) is 25.0 Å². The molecule has 0 spiro atoms. The number of aryl methyl sites for hydroxylation is 1. The van der Waals surface area contributed by atoms with Gasteiger partial charge in [0.05, 0.1) is 11.0 Å². The first-order valence-corrected chi connectivity index (χ1v) is 7.96. The summed E-state index contributed by atoms with van der Waals surface area (Å²) < 4.78 is 13.8. The summed E-state index contributed by atoms with van der Waals surface area (Å²) in [5.74, 6) is 0.465. The zero-order chi connectivity index (χ0) is 14.3. The maximum atomic E-state index is 12.0. The van der Waals surface area contributed by atoms with Crippen LogP contribution < -0.4 is 0 Å². The van der Waals surface area contributed by atoms with Crippen LogP contribution in [0, 0.1) is 0 Å². The number of nitrogens with zero attached hydrogens (tertiary/aromatic N) is 2. The Kier molecular flexibility index (Phi) is 3.56. The van der Waals surface area contributed by atoms with E-state index in [0.717, 1.165) is 11.0 Å². The molecule has 0 fully saturated rings. The van der Waals surface area contributed by atoms with E-state index < -0.39 is 12.8 Å². The highest BCUT2D eigenvalue weighted by Gasteiger charge is 2.48. The van der Waals surface area contributed by atoms with Crippen LogP contribution in [0.25, 0.3) is 11.0 Å². The molecule has 2 rings (SSSR count). The van der Waals surface area contributed by atoms with Crippen LogP contribution in [0.1, 0.15) is 32.5 Å². The topological polar surface area (TPSA) is 75.4 Å². The summed E-state index contributed by atoms with van der Waals surface area (Å²) in [5.41, 5.74) is 1.65. The van der Waals surface area contributed by atoms with Gasteiger partial charge in [0.1, 0.15) is 11.0 Å². The highest BCUT2D eigenvalue weighted by Crippen LogP contribution is 2.60. The van der Waals surface area contributed by atoms with Crippen LogP contribution in [-0.2, 0) is 16.8 Å². The van der Waals surface area contributed by atoms with Crippen LogP contribution in [0.2, 0.25) is 0 Å². The Balaban J connectivity index is 2.77. The molecule has 0 aliphatic carbocycles. The second-order valence-corrected chi connectivity index (χ2v) is 6.71. The highest BCUT2D eigenvalue weighted by molar-refractivity contribution is 7.53. The number of aromatic nitrogens is 2. The van der Waals surface area contributed by atoms with Crippen molar-refractivity contribution in [2.75, 3.05) is 0 Å². The second kappa shape index (κ2) is 4.75. The molecule has 5 nitrogen and oxygen atoms in total. The summed E-state index contributed by atoms with van der Waals surface area (Å²) in [7, 11) is -2.49. The normalized spacial score (nSPS) is 13.1. The third kappa shape index (κ3) is 2.02. The van der Waals surface area contributed by atoms with Crippen LogP contribution in [0.5, 0.6) is 0 Å². The summed E-state index contributed by atoms with van der Waals surface area (Å²) >= 11 is 0. The molecule has 0 aliphatic rings. The van der Waals surface area contributed by atoms with Gasteiger partial charge in [-0.2, -0.15) is 0 Å². The Morgan fingerprint density at radius 1 is 1.26 bits per heavy atom. The van der Waals surface area contributed by atoms with Crippen LogP contribution in [-0.4, -0.2) is 19.3 Å². The molecule has 1 aromatic heterocycles. The van der Waals surface area contributed by atoms with Gasteiger partial charge >= 0.3 is 7.60 Å². The molecule has 0 saturated carbocycles. The Labute approximate surface area is 112 Å². The fraction of sp³-hybridized carbons (Fsp3) is 0.462. The van der Waals surface area contributed by atoms with Gasteiger partial charge in [0.15, 0.2) is 0 Å². The average Bonchev–Trinajstić information content (AvgIpc) is 2.69. The predicted molar refractivity (Wildman–Crippen MR) is 75.0 cm³/mol. The lowest BCUT2D eigenvalue weighted by molar-refractivity contribution is 0.307. The number of rotatable bonds is 4. The minimum absolute atomic E-state index is 0.352. The molecule has 19 heavy (non-hydrogen) atoms. The van der Waals surface area contributed by atoms with Crippen molar-refractivity contribution in [2.45, 2.75) is 31.8 Å². The van der Waals surface area contributed by atoms with Crippen molar-refractivity contribution < 1.29 is 14.4 Å². The molecule has 1 aromatic carbocycles. The maximum absolute atomic E-state index is 12.0. The molecule has 0 atom stereocenters. The van der Waals surface area contributed by atoms with E-state index in [1.807, 2.05) is 24.3 Å². The first-order valence-electron chi connectivity index (χ1n) is 6.35. The smallest absolute Gasteiger partial charge is 0.330 e. The van der Waals surface area contributed by atoms with Crippen molar-refractivity contribution in [2.24, 2.45) is 7.05 Å². The lowest BCUT2D eigenvalue weighted by Crippen LogP contribution is -2.28. The van der Waals surface area contributed by atoms with Crippen LogP contribution in [0.3, 0.4) is 0 Å². The maximum Gasteiger partial charge on any atom is 0.339 e. The monoisotopic (exact) mass is 282 g/mol. The molecule has 2 aromatic rings. The van der Waals surface area contributed by atoms with Gasteiger partial charge in [-0.15, -0.1) is 0 Å². The molecule has 0 aliphatic heterocycles. The number of imidazole rings is 1. The van der Waals surface area contributed by atoms with E-state index in [2.05, 4.69) is 4.98 Å². The Morgan fingerprint density at radius 3 is 2.32 bits per heavy atom. The van der Waals surface area contributed by atoms with Crippen LogP contribution in [0.15, 0.2) is 24.3 Å². The van der Waals surface area contributed by atoms with Crippen molar-refractivity contribution in [3.8, 4) is 0 Å². The van der Waals surface area contributed by atoms with E-state index >= 15 is 0 Å². The summed E-state index contributed by atoms with van der Waals surface area (Å²) in [5, 5.41) is -1.21. The third-order valence-electron chi connectivity index (χ3n) is 3.93. The van der Waals surface area contributed by atoms with Crippen molar-refractivity contribution in [1.82, 2.24) is 9.55 Å². The molecular weight excluding hydrogens is 263 g/mol. The summed E-state index contributed by atoms with van der Waals surface area (Å²) in [6.07, 6.45) is 0.704. The number of benzene rings is 1. The standard InChI is InChI=1S/C13H19N2O3P/c1-4-13(5-2,19(16,17)18)12-14-10-8-6-7-9-11(10)15(12)3/h6-9H,4-5H2,1-3H3,(H2,16,17,18). The van der Waals surface area contributed by atoms with Gasteiger partial charge in [0, 0.05) is 7.05 Å². The molecule has 0 amide bonds.